The molecule has 69 heavy (non-hydrogen) atoms. The van der Waals surface area contributed by atoms with Crippen molar-refractivity contribution in [2.45, 2.75) is 178 Å². The van der Waals surface area contributed by atoms with Crippen molar-refractivity contribution in [3.8, 4) is 0 Å². The van der Waals surface area contributed by atoms with Gasteiger partial charge >= 0.3 is 35.0 Å². The van der Waals surface area contributed by atoms with Crippen molar-refractivity contribution >= 4 is 80.2 Å². The molecule has 0 saturated heterocycles. The molecule has 3 aromatic heterocycles. The van der Waals surface area contributed by atoms with Gasteiger partial charge in [0, 0.05) is 63.7 Å². The number of methoxy groups -OCH3 is 1. The Balaban J connectivity index is 0.0000104. The van der Waals surface area contributed by atoms with Crippen LogP contribution in [0.1, 0.15) is 202 Å². The Morgan fingerprint density at radius 1 is 0.826 bits per heavy atom. The second-order valence-electron chi connectivity index (χ2n) is 20.3. The van der Waals surface area contributed by atoms with Crippen molar-refractivity contribution in [2.24, 2.45) is 17.8 Å². The van der Waals surface area contributed by atoms with Gasteiger partial charge in [-0.25, -0.2) is 4.98 Å². The smallest absolute Gasteiger partial charge is 0.469 e. The number of amides is 1. The minimum atomic E-state index is -0.477. The summed E-state index contributed by atoms with van der Waals surface area (Å²) in [4.78, 5) is 59.1. The van der Waals surface area contributed by atoms with Crippen LogP contribution < -0.4 is 5.32 Å². The van der Waals surface area contributed by atoms with Gasteiger partial charge in [-0.05, 0) is 124 Å². The number of hydrogen-bond acceptors (Lipinski definition) is 7. The van der Waals surface area contributed by atoms with Crippen LogP contribution in [0.2, 0.25) is 0 Å². The standard InChI is InChI=1S/C58H83N5O5.Mg/c1-14-29-59-58(66)55-42(12)50-34-52-44(16-3)40(10)48(61-52)33-51-43(15-2)39(9)47(60-51)32-49-41(11)45(56(62-49)46(57(55)63-50)31-54(65)67-13)26-27-53(64)68-30-28-38(8)25-19-24-37(7)23-18-22-36(6)21-17-20-35(4)5;/h15,28,32-37,41,45,60-61H,2,14,16-27,29-31H2,1,3-13H3,(H,59,66);/q;+2. The molecule has 4 atom stereocenters. The van der Waals surface area contributed by atoms with Crippen LogP contribution >= 0.6 is 0 Å². The fraction of sp³-hybridized carbons (Fsp3) is 0.569. The number of allylic oxidation sites excluding steroid dienone is 2. The number of carbonyl (C=O) groups is 3. The molecule has 4 unspecified atom stereocenters. The molecule has 2 aliphatic heterocycles. The number of H-pyrrole nitrogens is 2. The molecule has 0 radical (unpaired) electrons. The van der Waals surface area contributed by atoms with Crippen LogP contribution in [0.4, 0.5) is 0 Å². The van der Waals surface area contributed by atoms with Gasteiger partial charge in [-0.3, -0.25) is 19.4 Å². The first-order valence-electron chi connectivity index (χ1n) is 25.8. The summed E-state index contributed by atoms with van der Waals surface area (Å²) in [6.45, 7) is 28.8. The Labute approximate surface area is 430 Å². The zero-order valence-electron chi connectivity index (χ0n) is 44.4. The second-order valence-corrected chi connectivity index (χ2v) is 20.3. The molecule has 1 amide bonds. The van der Waals surface area contributed by atoms with Gasteiger partial charge in [0.25, 0.3) is 5.91 Å². The monoisotopic (exact) mass is 954 g/mol. The first kappa shape index (κ1) is 57.1. The minimum absolute atomic E-state index is 0. The Kier molecular flexibility index (Phi) is 22.5. The minimum Gasteiger partial charge on any atom is -0.469 e. The number of esters is 2. The second kappa shape index (κ2) is 27.2. The van der Waals surface area contributed by atoms with Crippen molar-refractivity contribution in [3.63, 3.8) is 0 Å². The van der Waals surface area contributed by atoms with E-state index < -0.39 is 5.97 Å². The summed E-state index contributed by atoms with van der Waals surface area (Å²) in [5.74, 6) is 0.828. The number of fused-ring (bicyclic) bond motifs is 8. The van der Waals surface area contributed by atoms with Crippen LogP contribution in [0.5, 0.6) is 0 Å². The third kappa shape index (κ3) is 15.0. The van der Waals surface area contributed by atoms with Crippen molar-refractivity contribution in [2.75, 3.05) is 20.3 Å². The van der Waals surface area contributed by atoms with Crippen molar-refractivity contribution in [1.29, 1.82) is 0 Å². The topological polar surface area (TPSA) is 139 Å². The van der Waals surface area contributed by atoms with Gasteiger partial charge < -0.3 is 24.8 Å². The zero-order chi connectivity index (χ0) is 49.7. The van der Waals surface area contributed by atoms with Crippen LogP contribution in [-0.2, 0) is 36.7 Å². The number of aromatic nitrogens is 4. The van der Waals surface area contributed by atoms with Crippen LogP contribution in [0, 0.1) is 31.6 Å². The average molecular weight is 955 g/mol. The van der Waals surface area contributed by atoms with Gasteiger partial charge in [-0.1, -0.05) is 112 Å². The molecular weight excluding hydrogens is 871 g/mol. The van der Waals surface area contributed by atoms with Gasteiger partial charge in [0.05, 0.1) is 36.2 Å². The van der Waals surface area contributed by atoms with E-state index in [0.717, 1.165) is 87.5 Å². The molecule has 5 heterocycles. The van der Waals surface area contributed by atoms with Crippen LogP contribution in [-0.4, -0.2) is 81.1 Å². The van der Waals surface area contributed by atoms with Crippen LogP contribution in [0.3, 0.4) is 0 Å². The normalized spacial score (nSPS) is 15.8. The van der Waals surface area contributed by atoms with E-state index in [0.29, 0.717) is 52.7 Å². The molecule has 0 aromatic carbocycles. The van der Waals surface area contributed by atoms with E-state index >= 15 is 0 Å². The summed E-state index contributed by atoms with van der Waals surface area (Å²) in [5, 5.41) is 3.08. The third-order valence-corrected chi connectivity index (χ3v) is 14.5. The Hall–Kier alpha value is -4.48. The van der Waals surface area contributed by atoms with E-state index in [9.17, 15) is 14.4 Å². The number of nitrogens with one attached hydrogen (secondary N) is 3. The van der Waals surface area contributed by atoms with Crippen molar-refractivity contribution in [3.05, 3.63) is 87.0 Å². The number of ether oxygens (including phenoxy) is 2. The number of hydrogen-bond donors (Lipinski definition) is 3. The number of rotatable bonds is 24. The van der Waals surface area contributed by atoms with E-state index in [1.54, 1.807) is 0 Å². The summed E-state index contributed by atoms with van der Waals surface area (Å²) in [6.07, 6.45) is 17.1. The predicted molar refractivity (Wildman–Crippen MR) is 287 cm³/mol. The van der Waals surface area contributed by atoms with E-state index in [1.807, 2.05) is 32.1 Å². The number of nitrogens with zero attached hydrogens (tertiary/aromatic N) is 2. The summed E-state index contributed by atoms with van der Waals surface area (Å²) >= 11 is 0. The molecule has 0 fully saturated rings. The van der Waals surface area contributed by atoms with Crippen molar-refractivity contribution < 1.29 is 23.9 Å². The Bertz CT molecular complexity index is 2510. The molecule has 8 bridgehead atoms. The van der Waals surface area contributed by atoms with E-state index in [-0.39, 0.29) is 66.2 Å². The summed E-state index contributed by atoms with van der Waals surface area (Å²) in [5.41, 5.74) is 13.3. The Morgan fingerprint density at radius 2 is 1.48 bits per heavy atom. The predicted octanol–water partition coefficient (Wildman–Crippen LogP) is 13.5. The maximum Gasteiger partial charge on any atom is 2.00 e. The Morgan fingerprint density at radius 3 is 2.12 bits per heavy atom. The van der Waals surface area contributed by atoms with Gasteiger partial charge in [-0.15, -0.1) is 0 Å². The number of carbonyl (C=O) groups excluding carboxylic acids is 3. The van der Waals surface area contributed by atoms with Gasteiger partial charge in [0.1, 0.15) is 6.61 Å². The maximum atomic E-state index is 14.2. The molecule has 10 nitrogen and oxygen atoms in total. The van der Waals surface area contributed by atoms with E-state index in [1.165, 1.54) is 57.6 Å². The molecule has 11 heteroatoms. The summed E-state index contributed by atoms with van der Waals surface area (Å²) < 4.78 is 11.1. The first-order chi connectivity index (χ1) is 32.5. The van der Waals surface area contributed by atoms with E-state index in [4.69, 9.17) is 19.4 Å². The first-order valence-corrected chi connectivity index (χ1v) is 25.8. The molecular formula is C58H83MgN5O5+2. The molecule has 3 N–H and O–H groups in total. The molecule has 5 rings (SSSR count). The van der Waals surface area contributed by atoms with Crippen LogP contribution in [0.15, 0.2) is 36.4 Å². The van der Waals surface area contributed by atoms with Gasteiger partial charge in [-0.2, -0.15) is 0 Å². The molecule has 0 spiro atoms. The summed E-state index contributed by atoms with van der Waals surface area (Å²) in [7, 11) is 1.36. The molecule has 0 aliphatic carbocycles. The van der Waals surface area contributed by atoms with Crippen molar-refractivity contribution in [1.82, 2.24) is 25.3 Å². The number of aromatic amines is 2. The number of aryl methyl sites for hydroxylation is 3. The quantitative estimate of drug-likeness (QED) is 0.0461. The molecule has 3 aromatic rings. The van der Waals surface area contributed by atoms with E-state index in [2.05, 4.69) is 96.3 Å². The summed E-state index contributed by atoms with van der Waals surface area (Å²) in [6, 6.07) is 6.20. The third-order valence-electron chi connectivity index (χ3n) is 14.5. The SMILES string of the molecule is C=Cc1c(C)c2cc3nc(c(CC(=O)OC)c4nc(cc5[nH]c(cc1[nH]2)c(C)c5CC)C(C)=C4C(=O)NCCC)C(CCC(=O)OCC=C(C)CCCC(C)CCCC(C)CCCC(C)C)C3C.[Mg+2]. The van der Waals surface area contributed by atoms with Crippen LogP contribution in [0.25, 0.3) is 39.3 Å². The fourth-order valence-electron chi connectivity index (χ4n) is 10.1. The maximum absolute atomic E-state index is 14.2. The molecule has 2 aliphatic rings. The average Bonchev–Trinajstić information content (AvgIpc) is 3.98. The van der Waals surface area contributed by atoms with Gasteiger partial charge in [0.2, 0.25) is 0 Å². The molecule has 370 valence electrons. The molecule has 0 saturated carbocycles. The zero-order valence-corrected chi connectivity index (χ0v) is 45.9. The van der Waals surface area contributed by atoms with Gasteiger partial charge in [0.15, 0.2) is 0 Å². The fourth-order valence-corrected chi connectivity index (χ4v) is 10.1. The largest absolute Gasteiger partial charge is 2.00 e.